The van der Waals surface area contributed by atoms with Gasteiger partial charge in [-0.2, -0.15) is 4.72 Å². The van der Waals surface area contributed by atoms with Crippen LogP contribution in [-0.4, -0.2) is 36.9 Å². The zero-order valence-corrected chi connectivity index (χ0v) is 16.8. The van der Waals surface area contributed by atoms with Crippen LogP contribution in [0.25, 0.3) is 0 Å². The number of carbonyl (C=O) groups is 1. The van der Waals surface area contributed by atoms with E-state index in [-0.39, 0.29) is 23.0 Å². The van der Waals surface area contributed by atoms with Gasteiger partial charge in [0, 0.05) is 18.7 Å². The van der Waals surface area contributed by atoms with Crippen molar-refractivity contribution in [2.45, 2.75) is 30.9 Å². The number of carbonyl (C=O) groups excluding carboxylic acids is 1. The van der Waals surface area contributed by atoms with Gasteiger partial charge < -0.3 is 10.4 Å². The Morgan fingerprint density at radius 2 is 1.69 bits per heavy atom. The Balaban J connectivity index is 2.03. The van der Waals surface area contributed by atoms with E-state index in [4.69, 9.17) is 0 Å². The molecule has 2 aromatic rings. The molecule has 2 rings (SSSR count). The summed E-state index contributed by atoms with van der Waals surface area (Å²) >= 11 is 0. The Hall–Kier alpha value is -2.82. The molecular weight excluding hydrogens is 398 g/mol. The normalized spacial score (nSPS) is 13.7. The highest BCUT2D eigenvalue weighted by Gasteiger charge is 2.28. The van der Waals surface area contributed by atoms with E-state index in [0.29, 0.717) is 5.56 Å². The second kappa shape index (κ2) is 9.59. The maximum absolute atomic E-state index is 12.5. The third-order valence-electron chi connectivity index (χ3n) is 4.24. The predicted molar refractivity (Wildman–Crippen MR) is 106 cm³/mol. The van der Waals surface area contributed by atoms with Gasteiger partial charge in [-0.15, -0.1) is 0 Å². The van der Waals surface area contributed by atoms with E-state index >= 15 is 0 Å². The van der Waals surface area contributed by atoms with Crippen LogP contribution in [0.3, 0.4) is 0 Å². The van der Waals surface area contributed by atoms with Crippen LogP contribution in [0, 0.1) is 16.0 Å². The molecule has 1 unspecified atom stereocenters. The molecule has 29 heavy (non-hydrogen) atoms. The molecule has 0 aliphatic rings. The summed E-state index contributed by atoms with van der Waals surface area (Å²) in [5, 5.41) is 23.4. The van der Waals surface area contributed by atoms with Crippen LogP contribution in [-0.2, 0) is 14.8 Å². The van der Waals surface area contributed by atoms with Crippen molar-refractivity contribution in [1.82, 2.24) is 10.0 Å². The van der Waals surface area contributed by atoms with E-state index in [2.05, 4.69) is 10.0 Å². The quantitative estimate of drug-likeness (QED) is 0.416. The average molecular weight is 421 g/mol. The van der Waals surface area contributed by atoms with Gasteiger partial charge >= 0.3 is 0 Å². The molecule has 9 nitrogen and oxygen atoms in total. The number of rotatable bonds is 9. The number of non-ortho nitro benzene ring substituents is 1. The number of sulfonamides is 1. The lowest BCUT2D eigenvalue weighted by atomic mass is 10.0. The number of nitro groups is 1. The van der Waals surface area contributed by atoms with Crippen molar-refractivity contribution < 1.29 is 23.2 Å². The molecule has 0 saturated carbocycles. The van der Waals surface area contributed by atoms with Crippen molar-refractivity contribution in [2.75, 3.05) is 6.54 Å². The molecule has 0 aliphatic heterocycles. The van der Waals surface area contributed by atoms with Gasteiger partial charge in [0.25, 0.3) is 5.69 Å². The molecule has 0 heterocycles. The second-order valence-corrected chi connectivity index (χ2v) is 8.48. The smallest absolute Gasteiger partial charge is 0.269 e. The van der Waals surface area contributed by atoms with E-state index in [1.165, 1.54) is 36.4 Å². The Morgan fingerprint density at radius 1 is 1.10 bits per heavy atom. The molecule has 0 aliphatic carbocycles. The molecule has 0 fully saturated rings. The highest BCUT2D eigenvalue weighted by molar-refractivity contribution is 7.89. The molecule has 3 N–H and O–H groups in total. The minimum atomic E-state index is -3.89. The molecule has 2 aromatic carbocycles. The molecule has 10 heteroatoms. The van der Waals surface area contributed by atoms with Crippen LogP contribution < -0.4 is 10.0 Å². The number of aliphatic hydroxyl groups excluding tert-OH is 1. The van der Waals surface area contributed by atoms with Gasteiger partial charge in [0.15, 0.2) is 0 Å². The van der Waals surface area contributed by atoms with Gasteiger partial charge in [-0.05, 0) is 35.7 Å². The molecular formula is C19H23N3O6S. The van der Waals surface area contributed by atoms with Crippen molar-refractivity contribution in [3.8, 4) is 0 Å². The first-order chi connectivity index (χ1) is 13.6. The molecule has 0 saturated heterocycles. The van der Waals surface area contributed by atoms with Crippen LogP contribution in [0.5, 0.6) is 0 Å². The number of hydrogen-bond donors (Lipinski definition) is 3. The number of amides is 1. The van der Waals surface area contributed by atoms with E-state index in [0.717, 1.165) is 0 Å². The van der Waals surface area contributed by atoms with Gasteiger partial charge in [0.1, 0.15) is 6.04 Å². The van der Waals surface area contributed by atoms with Gasteiger partial charge in [-0.25, -0.2) is 8.42 Å². The topological polar surface area (TPSA) is 139 Å². The summed E-state index contributed by atoms with van der Waals surface area (Å²) in [6.07, 6.45) is -1.10. The monoisotopic (exact) mass is 421 g/mol. The Bertz CT molecular complexity index is 946. The van der Waals surface area contributed by atoms with Gasteiger partial charge in [-0.3, -0.25) is 14.9 Å². The highest BCUT2D eigenvalue weighted by Crippen LogP contribution is 2.17. The third-order valence-corrected chi connectivity index (χ3v) is 5.70. The van der Waals surface area contributed by atoms with E-state index in [1.54, 1.807) is 32.0 Å². The summed E-state index contributed by atoms with van der Waals surface area (Å²) < 4.78 is 27.4. The summed E-state index contributed by atoms with van der Waals surface area (Å²) in [4.78, 5) is 22.7. The van der Waals surface area contributed by atoms with Crippen molar-refractivity contribution in [3.63, 3.8) is 0 Å². The van der Waals surface area contributed by atoms with E-state index < -0.39 is 33.0 Å². The van der Waals surface area contributed by atoms with Gasteiger partial charge in [-0.1, -0.05) is 32.0 Å². The number of benzene rings is 2. The summed E-state index contributed by atoms with van der Waals surface area (Å²) in [6.45, 7) is 3.22. The van der Waals surface area contributed by atoms with Crippen LogP contribution >= 0.6 is 0 Å². The van der Waals surface area contributed by atoms with Crippen LogP contribution in [0.2, 0.25) is 0 Å². The molecule has 0 aromatic heterocycles. The minimum Gasteiger partial charge on any atom is -0.387 e. The average Bonchev–Trinajstić information content (AvgIpc) is 2.70. The molecule has 0 radical (unpaired) electrons. The first-order valence-electron chi connectivity index (χ1n) is 8.89. The van der Waals surface area contributed by atoms with Crippen molar-refractivity contribution in [2.24, 2.45) is 5.92 Å². The number of nitrogens with zero attached hydrogens (tertiary/aromatic N) is 1. The molecule has 0 bridgehead atoms. The van der Waals surface area contributed by atoms with Crippen molar-refractivity contribution >= 4 is 21.6 Å². The van der Waals surface area contributed by atoms with Crippen LogP contribution in [0.15, 0.2) is 59.5 Å². The zero-order chi connectivity index (χ0) is 21.6. The lowest BCUT2D eigenvalue weighted by molar-refractivity contribution is -0.384. The van der Waals surface area contributed by atoms with Crippen molar-refractivity contribution in [3.05, 3.63) is 70.3 Å². The van der Waals surface area contributed by atoms with Crippen LogP contribution in [0.4, 0.5) is 5.69 Å². The molecule has 1 amide bonds. The lowest BCUT2D eigenvalue weighted by Gasteiger charge is -2.22. The maximum atomic E-state index is 12.5. The summed E-state index contributed by atoms with van der Waals surface area (Å²) in [6, 6.07) is 12.0. The van der Waals surface area contributed by atoms with Gasteiger partial charge in [0.05, 0.1) is 15.9 Å². The largest absolute Gasteiger partial charge is 0.387 e. The van der Waals surface area contributed by atoms with Crippen LogP contribution in [0.1, 0.15) is 25.5 Å². The van der Waals surface area contributed by atoms with E-state index in [1.807, 2.05) is 0 Å². The lowest BCUT2D eigenvalue weighted by Crippen LogP contribution is -2.50. The fourth-order valence-corrected chi connectivity index (χ4v) is 3.94. The fourth-order valence-electron chi connectivity index (χ4n) is 2.57. The zero-order valence-electron chi connectivity index (χ0n) is 16.0. The Kier molecular flexibility index (Phi) is 7.43. The standard InChI is InChI=1S/C19H23N3O6S/c1-13(2)18(21-29(27,28)16-6-4-3-5-7-16)19(24)20-12-17(23)14-8-10-15(11-9-14)22(25)26/h3-11,13,17-18,21,23H,12H2,1-2H3,(H,20,24)/t17?,18-/m1/s1. The summed E-state index contributed by atoms with van der Waals surface area (Å²) in [7, 11) is -3.89. The minimum absolute atomic E-state index is 0.0457. The molecule has 0 spiro atoms. The predicted octanol–water partition coefficient (Wildman–Crippen LogP) is 1.75. The number of hydrogen-bond acceptors (Lipinski definition) is 6. The van der Waals surface area contributed by atoms with Crippen molar-refractivity contribution in [1.29, 1.82) is 0 Å². The SMILES string of the molecule is CC(C)[C@@H](NS(=O)(=O)c1ccccc1)C(=O)NCC(O)c1ccc([N+](=O)[O-])cc1. The number of nitro benzene ring substituents is 1. The summed E-state index contributed by atoms with van der Waals surface area (Å²) in [5.74, 6) is -0.925. The first-order valence-corrected chi connectivity index (χ1v) is 10.4. The molecule has 156 valence electrons. The number of nitrogens with one attached hydrogen (secondary N) is 2. The first kappa shape index (κ1) is 22.5. The second-order valence-electron chi connectivity index (χ2n) is 6.77. The van der Waals surface area contributed by atoms with E-state index in [9.17, 15) is 28.4 Å². The Morgan fingerprint density at radius 3 is 2.21 bits per heavy atom. The maximum Gasteiger partial charge on any atom is 0.269 e. The van der Waals surface area contributed by atoms with Gasteiger partial charge in [0.2, 0.25) is 15.9 Å². The highest BCUT2D eigenvalue weighted by atomic mass is 32.2. The number of aliphatic hydroxyl groups is 1. The third kappa shape index (κ3) is 6.08. The molecule has 2 atom stereocenters. The Labute approximate surface area is 169 Å². The fraction of sp³-hybridized carbons (Fsp3) is 0.316. The summed E-state index contributed by atoms with van der Waals surface area (Å²) in [5.41, 5.74) is 0.280.